The quantitative estimate of drug-likeness (QED) is 0.188. The highest BCUT2D eigenvalue weighted by molar-refractivity contribution is 6.18. The molecule has 0 N–H and O–H groups in total. The van der Waals surface area contributed by atoms with Crippen LogP contribution in [0.3, 0.4) is 0 Å². The van der Waals surface area contributed by atoms with Crippen LogP contribution in [0.15, 0.2) is 117 Å². The summed E-state index contributed by atoms with van der Waals surface area (Å²) >= 11 is 0. The van der Waals surface area contributed by atoms with Crippen LogP contribution in [0.2, 0.25) is 0 Å². The molecule has 3 heterocycles. The number of nitrogens with zero attached hydrogens (tertiary/aromatic N) is 1. The second-order valence-electron chi connectivity index (χ2n) is 8.91. The fourth-order valence-corrected chi connectivity index (χ4v) is 5.51. The summed E-state index contributed by atoms with van der Waals surface area (Å²) in [4.78, 5) is 12.9. The zero-order valence-electron chi connectivity index (χ0n) is 18.5. The van der Waals surface area contributed by atoms with Crippen molar-refractivity contribution in [3.8, 4) is 5.69 Å². The molecule has 0 atom stereocenters. The molecule has 5 aromatic carbocycles. The Morgan fingerprint density at radius 3 is 2.09 bits per heavy atom. The molecule has 0 aliphatic heterocycles. The highest BCUT2D eigenvalue weighted by atomic mass is 16.4. The maximum Gasteiger partial charge on any atom is 0.344 e. The van der Waals surface area contributed by atoms with E-state index < -0.39 is 0 Å². The molecule has 3 aromatic heterocycles. The summed E-state index contributed by atoms with van der Waals surface area (Å²) in [6, 6.07) is 34.4. The predicted molar refractivity (Wildman–Crippen MR) is 142 cm³/mol. The first-order chi connectivity index (χ1) is 17.3. The van der Waals surface area contributed by atoms with Gasteiger partial charge in [0, 0.05) is 33.0 Å². The van der Waals surface area contributed by atoms with Gasteiger partial charge in [-0.3, -0.25) is 0 Å². The van der Waals surface area contributed by atoms with Gasteiger partial charge < -0.3 is 13.4 Å². The molecule has 4 nitrogen and oxygen atoms in total. The van der Waals surface area contributed by atoms with Gasteiger partial charge in [0.1, 0.15) is 11.2 Å². The number of furan rings is 1. The van der Waals surface area contributed by atoms with Crippen LogP contribution in [0, 0.1) is 0 Å². The Balaban J connectivity index is 1.58. The lowest BCUT2D eigenvalue weighted by atomic mass is 10.1. The van der Waals surface area contributed by atoms with Crippen molar-refractivity contribution in [3.63, 3.8) is 0 Å². The molecule has 0 spiro atoms. The first-order valence-electron chi connectivity index (χ1n) is 11.6. The molecular weight excluding hydrogens is 434 g/mol. The largest absolute Gasteiger partial charge is 0.456 e. The Labute approximate surface area is 198 Å². The third kappa shape index (κ3) is 2.43. The van der Waals surface area contributed by atoms with E-state index in [4.69, 9.17) is 8.83 Å². The minimum Gasteiger partial charge on any atom is -0.456 e. The van der Waals surface area contributed by atoms with Gasteiger partial charge in [-0.2, -0.15) is 0 Å². The Bertz CT molecular complexity index is 2190. The molecule has 35 heavy (non-hydrogen) atoms. The smallest absolute Gasteiger partial charge is 0.344 e. The molecule has 8 aromatic rings. The van der Waals surface area contributed by atoms with Gasteiger partial charge in [-0.1, -0.05) is 66.7 Å². The van der Waals surface area contributed by atoms with E-state index in [-0.39, 0.29) is 5.63 Å². The number of para-hydroxylation sites is 3. The van der Waals surface area contributed by atoms with Crippen LogP contribution >= 0.6 is 0 Å². The SMILES string of the molecule is O=c1oc2c(-n3c4ccccc4c4cc5c(cc43)oc3ccccc35)cccc2c2ccccc12. The van der Waals surface area contributed by atoms with Crippen LogP contribution in [0.4, 0.5) is 0 Å². The Kier molecular flexibility index (Phi) is 3.51. The van der Waals surface area contributed by atoms with E-state index in [1.54, 1.807) is 0 Å². The molecule has 0 aliphatic carbocycles. The first-order valence-corrected chi connectivity index (χ1v) is 11.6. The zero-order chi connectivity index (χ0) is 23.1. The fourth-order valence-electron chi connectivity index (χ4n) is 5.51. The summed E-state index contributed by atoms with van der Waals surface area (Å²) in [6.45, 7) is 0. The van der Waals surface area contributed by atoms with E-state index in [1.807, 2.05) is 66.7 Å². The van der Waals surface area contributed by atoms with Gasteiger partial charge in [0.25, 0.3) is 0 Å². The normalized spacial score (nSPS) is 12.1. The van der Waals surface area contributed by atoms with Crippen LogP contribution in [-0.4, -0.2) is 4.57 Å². The van der Waals surface area contributed by atoms with Crippen LogP contribution in [0.1, 0.15) is 0 Å². The van der Waals surface area contributed by atoms with Crippen molar-refractivity contribution >= 4 is 65.5 Å². The standard InChI is InChI=1S/C31H17NO3/c33-31-22-11-2-1-8-18(22)21-12-7-14-26(30(21)35-31)32-25-13-5-3-9-19(25)23-16-24-20-10-4-6-15-28(20)34-29(24)17-27(23)32/h1-17H. The number of rotatable bonds is 1. The Morgan fingerprint density at radius 1 is 0.486 bits per heavy atom. The van der Waals surface area contributed by atoms with Crippen molar-refractivity contribution in [3.05, 3.63) is 114 Å². The average molecular weight is 451 g/mol. The van der Waals surface area contributed by atoms with Crippen molar-refractivity contribution in [2.24, 2.45) is 0 Å². The van der Waals surface area contributed by atoms with Gasteiger partial charge in [0.05, 0.1) is 22.1 Å². The van der Waals surface area contributed by atoms with E-state index in [2.05, 4.69) is 41.0 Å². The van der Waals surface area contributed by atoms with Crippen molar-refractivity contribution in [1.29, 1.82) is 0 Å². The van der Waals surface area contributed by atoms with E-state index in [0.29, 0.717) is 11.0 Å². The number of benzene rings is 5. The highest BCUT2D eigenvalue weighted by Crippen LogP contribution is 2.39. The second-order valence-corrected chi connectivity index (χ2v) is 8.91. The minimum atomic E-state index is -0.332. The van der Waals surface area contributed by atoms with E-state index in [1.165, 1.54) is 0 Å². The summed E-state index contributed by atoms with van der Waals surface area (Å²) in [7, 11) is 0. The molecule has 8 rings (SSSR count). The molecule has 4 heteroatoms. The first kappa shape index (κ1) is 18.6. The number of fused-ring (bicyclic) bond motifs is 9. The topological polar surface area (TPSA) is 48.3 Å². The molecule has 0 fully saturated rings. The van der Waals surface area contributed by atoms with Crippen molar-refractivity contribution in [1.82, 2.24) is 4.57 Å². The monoisotopic (exact) mass is 451 g/mol. The van der Waals surface area contributed by atoms with Gasteiger partial charge in [-0.05, 0) is 35.7 Å². The Hall–Kier alpha value is -4.83. The van der Waals surface area contributed by atoms with Crippen LogP contribution in [-0.2, 0) is 0 Å². The fraction of sp³-hybridized carbons (Fsp3) is 0. The maximum atomic E-state index is 12.9. The number of aromatic nitrogens is 1. The maximum absolute atomic E-state index is 12.9. The molecule has 0 bridgehead atoms. The van der Waals surface area contributed by atoms with Crippen LogP contribution < -0.4 is 5.63 Å². The summed E-state index contributed by atoms with van der Waals surface area (Å²) in [5.74, 6) is 0. The third-order valence-corrected chi connectivity index (χ3v) is 7.04. The van der Waals surface area contributed by atoms with Crippen molar-refractivity contribution in [2.75, 3.05) is 0 Å². The summed E-state index contributed by atoms with van der Waals surface area (Å²) in [5.41, 5.74) is 4.81. The van der Waals surface area contributed by atoms with Gasteiger partial charge >= 0.3 is 5.63 Å². The van der Waals surface area contributed by atoms with Gasteiger partial charge in [-0.25, -0.2) is 4.79 Å². The van der Waals surface area contributed by atoms with Gasteiger partial charge in [0.15, 0.2) is 5.58 Å². The van der Waals surface area contributed by atoms with E-state index >= 15 is 0 Å². The summed E-state index contributed by atoms with van der Waals surface area (Å²) < 4.78 is 14.4. The molecule has 0 amide bonds. The lowest BCUT2D eigenvalue weighted by molar-refractivity contribution is 0.568. The minimum absolute atomic E-state index is 0.332. The molecule has 0 unspecified atom stereocenters. The molecule has 0 saturated heterocycles. The molecule has 0 saturated carbocycles. The van der Waals surface area contributed by atoms with Crippen molar-refractivity contribution in [2.45, 2.75) is 0 Å². The molecular formula is C31H17NO3. The number of hydrogen-bond donors (Lipinski definition) is 0. The lowest BCUT2D eigenvalue weighted by Crippen LogP contribution is -2.02. The van der Waals surface area contributed by atoms with Crippen molar-refractivity contribution < 1.29 is 8.83 Å². The van der Waals surface area contributed by atoms with Gasteiger partial charge in [0.2, 0.25) is 0 Å². The average Bonchev–Trinajstić information content (AvgIpc) is 3.42. The number of hydrogen-bond acceptors (Lipinski definition) is 3. The van der Waals surface area contributed by atoms with Crippen LogP contribution in [0.25, 0.3) is 71.2 Å². The predicted octanol–water partition coefficient (Wildman–Crippen LogP) is 7.94. The van der Waals surface area contributed by atoms with E-state index in [9.17, 15) is 4.79 Å². The molecule has 164 valence electrons. The van der Waals surface area contributed by atoms with Crippen LogP contribution in [0.5, 0.6) is 0 Å². The lowest BCUT2D eigenvalue weighted by Gasteiger charge is -2.11. The third-order valence-electron chi connectivity index (χ3n) is 7.04. The highest BCUT2D eigenvalue weighted by Gasteiger charge is 2.19. The second kappa shape index (κ2) is 6.61. The molecule has 0 radical (unpaired) electrons. The summed E-state index contributed by atoms with van der Waals surface area (Å²) in [5, 5.41) is 6.84. The molecule has 0 aliphatic rings. The van der Waals surface area contributed by atoms with Gasteiger partial charge in [-0.15, -0.1) is 0 Å². The summed E-state index contributed by atoms with van der Waals surface area (Å²) in [6.07, 6.45) is 0. The zero-order valence-corrected chi connectivity index (χ0v) is 18.5. The van der Waals surface area contributed by atoms with E-state index in [0.717, 1.165) is 60.2 Å². The Morgan fingerprint density at radius 2 is 1.20 bits per heavy atom.